The highest BCUT2D eigenvalue weighted by atomic mass is 15.2. The van der Waals surface area contributed by atoms with Gasteiger partial charge in [-0.05, 0) is 31.0 Å². The first-order valence-electron chi connectivity index (χ1n) is 5.28. The lowest BCUT2D eigenvalue weighted by molar-refractivity contribution is 0.712. The van der Waals surface area contributed by atoms with E-state index in [2.05, 4.69) is 27.5 Å². The highest BCUT2D eigenvalue weighted by Crippen LogP contribution is 1.97. The molecule has 1 unspecified atom stereocenters. The summed E-state index contributed by atoms with van der Waals surface area (Å²) < 4.78 is 0. The summed E-state index contributed by atoms with van der Waals surface area (Å²) in [4.78, 5) is 8.31. The number of aromatic nitrogens is 1. The molecule has 1 aromatic rings. The predicted octanol–water partition coefficient (Wildman–Crippen LogP) is 0.561. The maximum atomic E-state index is 4.33. The molecule has 4 heteroatoms. The molecular weight excluding hydrogens is 188 g/mol. The Morgan fingerprint density at radius 3 is 2.93 bits per heavy atom. The van der Waals surface area contributed by atoms with Gasteiger partial charge in [0, 0.05) is 25.0 Å². The maximum absolute atomic E-state index is 4.33. The highest BCUT2D eigenvalue weighted by molar-refractivity contribution is 5.81. The smallest absolute Gasteiger partial charge is 0.191 e. The molecule has 1 aliphatic heterocycles. The number of nitrogens with one attached hydrogen (secondary N) is 2. The summed E-state index contributed by atoms with van der Waals surface area (Å²) in [5, 5.41) is 6.55. The number of aliphatic imine (C=N–C) groups is 1. The van der Waals surface area contributed by atoms with E-state index in [1.54, 1.807) is 0 Å². The van der Waals surface area contributed by atoms with Gasteiger partial charge in [0.05, 0.1) is 6.54 Å². The van der Waals surface area contributed by atoms with E-state index in [1.807, 2.05) is 24.5 Å². The van der Waals surface area contributed by atoms with Crippen molar-refractivity contribution in [2.75, 3.05) is 13.1 Å². The molecule has 0 aliphatic carbocycles. The second-order valence-electron chi connectivity index (χ2n) is 3.77. The summed E-state index contributed by atoms with van der Waals surface area (Å²) >= 11 is 0. The summed E-state index contributed by atoms with van der Waals surface area (Å²) in [6.45, 7) is 3.90. The topological polar surface area (TPSA) is 49.3 Å². The predicted molar refractivity (Wildman–Crippen MR) is 60.8 cm³/mol. The van der Waals surface area contributed by atoms with Crippen LogP contribution in [0.1, 0.15) is 12.5 Å². The molecule has 1 aliphatic rings. The van der Waals surface area contributed by atoms with E-state index in [9.17, 15) is 0 Å². The third kappa shape index (κ3) is 2.94. The van der Waals surface area contributed by atoms with E-state index in [4.69, 9.17) is 0 Å². The molecule has 1 aromatic heterocycles. The minimum absolute atomic E-state index is 0.466. The first kappa shape index (κ1) is 9.96. The first-order valence-corrected chi connectivity index (χ1v) is 5.28. The summed E-state index contributed by atoms with van der Waals surface area (Å²) in [5.74, 6) is 0.927. The van der Waals surface area contributed by atoms with Crippen LogP contribution in [-0.4, -0.2) is 30.1 Å². The first-order chi connectivity index (χ1) is 7.34. The monoisotopic (exact) mass is 204 g/mol. The van der Waals surface area contributed by atoms with Crippen LogP contribution in [0.3, 0.4) is 0 Å². The molecule has 0 aromatic carbocycles. The lowest BCUT2D eigenvalue weighted by atomic mass is 10.2. The fourth-order valence-electron chi connectivity index (χ4n) is 1.53. The van der Waals surface area contributed by atoms with Gasteiger partial charge in [-0.15, -0.1) is 0 Å². The number of hydrogen-bond acceptors (Lipinski definition) is 4. The third-order valence-electron chi connectivity index (χ3n) is 2.36. The Kier molecular flexibility index (Phi) is 3.17. The zero-order chi connectivity index (χ0) is 10.5. The van der Waals surface area contributed by atoms with Crippen molar-refractivity contribution in [2.45, 2.75) is 19.4 Å². The van der Waals surface area contributed by atoms with E-state index >= 15 is 0 Å². The van der Waals surface area contributed by atoms with Gasteiger partial charge in [0.15, 0.2) is 5.96 Å². The fourth-order valence-corrected chi connectivity index (χ4v) is 1.53. The van der Waals surface area contributed by atoms with E-state index in [0.29, 0.717) is 6.04 Å². The zero-order valence-corrected chi connectivity index (χ0v) is 8.90. The Labute approximate surface area is 89.8 Å². The average molecular weight is 204 g/mol. The molecule has 2 rings (SSSR count). The molecule has 15 heavy (non-hydrogen) atoms. The minimum Gasteiger partial charge on any atom is -0.356 e. The molecule has 0 radical (unpaired) electrons. The van der Waals surface area contributed by atoms with Gasteiger partial charge in [-0.3, -0.25) is 9.98 Å². The standard InChI is InChI=1S/C11H16N4/c1-9-8-14-11(15-9)13-7-4-10-2-5-12-6-3-10/h2-3,5-6,9H,4,7-8H2,1H3,(H2,13,14,15). The summed E-state index contributed by atoms with van der Waals surface area (Å²) in [6, 6.07) is 4.54. The van der Waals surface area contributed by atoms with Crippen LogP contribution in [0.5, 0.6) is 0 Å². The number of nitrogens with zero attached hydrogens (tertiary/aromatic N) is 2. The second kappa shape index (κ2) is 4.77. The van der Waals surface area contributed by atoms with E-state index in [-0.39, 0.29) is 0 Å². The number of pyridine rings is 1. The maximum Gasteiger partial charge on any atom is 0.191 e. The molecule has 0 saturated heterocycles. The zero-order valence-electron chi connectivity index (χ0n) is 8.90. The second-order valence-corrected chi connectivity index (χ2v) is 3.77. The van der Waals surface area contributed by atoms with Crippen molar-refractivity contribution in [2.24, 2.45) is 4.99 Å². The normalized spacial score (nSPS) is 19.5. The van der Waals surface area contributed by atoms with Crippen LogP contribution in [0.15, 0.2) is 29.5 Å². The van der Waals surface area contributed by atoms with Crippen molar-refractivity contribution in [1.82, 2.24) is 15.6 Å². The van der Waals surface area contributed by atoms with Gasteiger partial charge >= 0.3 is 0 Å². The Bertz CT molecular complexity index is 334. The van der Waals surface area contributed by atoms with Crippen molar-refractivity contribution in [1.29, 1.82) is 0 Å². The van der Waals surface area contributed by atoms with Gasteiger partial charge < -0.3 is 10.6 Å². The molecule has 2 N–H and O–H groups in total. The van der Waals surface area contributed by atoms with Crippen LogP contribution in [0.2, 0.25) is 0 Å². The summed E-state index contributed by atoms with van der Waals surface area (Å²) in [5.41, 5.74) is 1.30. The average Bonchev–Trinajstić information content (AvgIpc) is 2.66. The number of hydrogen-bond donors (Lipinski definition) is 2. The van der Waals surface area contributed by atoms with Gasteiger partial charge in [0.1, 0.15) is 0 Å². The molecular formula is C11H16N4. The number of guanidine groups is 1. The molecule has 1 atom stereocenters. The largest absolute Gasteiger partial charge is 0.356 e. The Morgan fingerprint density at radius 1 is 1.47 bits per heavy atom. The van der Waals surface area contributed by atoms with Crippen LogP contribution in [0.25, 0.3) is 0 Å². The van der Waals surface area contributed by atoms with E-state index < -0.39 is 0 Å². The van der Waals surface area contributed by atoms with E-state index in [0.717, 1.165) is 25.5 Å². The van der Waals surface area contributed by atoms with Crippen molar-refractivity contribution in [3.05, 3.63) is 30.1 Å². The van der Waals surface area contributed by atoms with Gasteiger partial charge in [-0.25, -0.2) is 0 Å². The fraction of sp³-hybridized carbons (Fsp3) is 0.455. The lowest BCUT2D eigenvalue weighted by Crippen LogP contribution is -2.38. The van der Waals surface area contributed by atoms with Crippen LogP contribution in [0, 0.1) is 0 Å². The van der Waals surface area contributed by atoms with Crippen LogP contribution in [-0.2, 0) is 6.42 Å². The number of rotatable bonds is 3. The van der Waals surface area contributed by atoms with Crippen molar-refractivity contribution in [3.8, 4) is 0 Å². The molecule has 0 spiro atoms. The van der Waals surface area contributed by atoms with Gasteiger partial charge in [0.2, 0.25) is 0 Å². The quantitative estimate of drug-likeness (QED) is 0.756. The van der Waals surface area contributed by atoms with Crippen molar-refractivity contribution in [3.63, 3.8) is 0 Å². The molecule has 80 valence electrons. The van der Waals surface area contributed by atoms with Crippen LogP contribution >= 0.6 is 0 Å². The van der Waals surface area contributed by atoms with Crippen LogP contribution in [0.4, 0.5) is 0 Å². The molecule has 0 bridgehead atoms. The highest BCUT2D eigenvalue weighted by Gasteiger charge is 2.10. The Morgan fingerprint density at radius 2 is 2.27 bits per heavy atom. The van der Waals surface area contributed by atoms with E-state index in [1.165, 1.54) is 5.56 Å². The third-order valence-corrected chi connectivity index (χ3v) is 2.36. The molecule has 0 amide bonds. The Hall–Kier alpha value is -1.58. The molecule has 4 nitrogen and oxygen atoms in total. The summed E-state index contributed by atoms with van der Waals surface area (Å²) in [7, 11) is 0. The molecule has 2 heterocycles. The Balaban J connectivity index is 1.72. The van der Waals surface area contributed by atoms with Gasteiger partial charge in [-0.1, -0.05) is 0 Å². The lowest BCUT2D eigenvalue weighted by Gasteiger charge is -2.08. The van der Waals surface area contributed by atoms with Gasteiger partial charge in [0.25, 0.3) is 0 Å². The van der Waals surface area contributed by atoms with Crippen LogP contribution < -0.4 is 10.6 Å². The van der Waals surface area contributed by atoms with Crippen molar-refractivity contribution >= 4 is 5.96 Å². The minimum atomic E-state index is 0.466. The molecule has 0 fully saturated rings. The van der Waals surface area contributed by atoms with Gasteiger partial charge in [-0.2, -0.15) is 0 Å². The molecule has 0 saturated carbocycles. The SMILES string of the molecule is CC1CN=C(NCCc2ccncc2)N1. The summed E-state index contributed by atoms with van der Waals surface area (Å²) in [6.07, 6.45) is 4.64. The van der Waals surface area contributed by atoms with Crippen molar-refractivity contribution < 1.29 is 0 Å².